The number of hydrogen-bond donors (Lipinski definition) is 2. The maximum Gasteiger partial charge on any atom is 0.303 e. The Kier molecular flexibility index (Phi) is 12.9. The van der Waals surface area contributed by atoms with E-state index < -0.39 is 17.9 Å². The summed E-state index contributed by atoms with van der Waals surface area (Å²) in [6.45, 7) is 4.16. The summed E-state index contributed by atoms with van der Waals surface area (Å²) in [5.41, 5.74) is 0. The normalized spacial score (nSPS) is 30.6. The van der Waals surface area contributed by atoms with Crippen molar-refractivity contribution < 1.29 is 34.0 Å². The molecule has 0 bridgehead atoms. The lowest BCUT2D eigenvalue weighted by Crippen LogP contribution is -2.32. The number of allylic oxidation sites excluding steroid dienone is 2. The van der Waals surface area contributed by atoms with Gasteiger partial charge in [-0.05, 0) is 56.9 Å². The molecule has 7 heteroatoms. The first-order valence-electron chi connectivity index (χ1n) is 14.3. The van der Waals surface area contributed by atoms with Gasteiger partial charge in [0.25, 0.3) is 0 Å². The van der Waals surface area contributed by atoms with Gasteiger partial charge < -0.3 is 29.2 Å². The summed E-state index contributed by atoms with van der Waals surface area (Å²) in [6.07, 6.45) is 20.3. The molecular weight excluding hydrogens is 460 g/mol. The van der Waals surface area contributed by atoms with E-state index >= 15 is 0 Å². The molecule has 2 saturated heterocycles. The van der Waals surface area contributed by atoms with Crippen molar-refractivity contribution >= 4 is 5.97 Å². The van der Waals surface area contributed by atoms with Crippen molar-refractivity contribution in [3.8, 4) is 0 Å². The summed E-state index contributed by atoms with van der Waals surface area (Å²) in [5.74, 6) is -1.39. The monoisotopic (exact) mass is 508 g/mol. The molecule has 36 heavy (non-hydrogen) atoms. The van der Waals surface area contributed by atoms with Crippen molar-refractivity contribution in [2.45, 2.75) is 121 Å². The van der Waals surface area contributed by atoms with Crippen molar-refractivity contribution in [2.75, 3.05) is 19.8 Å². The molecule has 3 fully saturated rings. The van der Waals surface area contributed by atoms with Crippen LogP contribution in [-0.2, 0) is 23.7 Å². The molecule has 1 unspecified atom stereocenters. The largest absolute Gasteiger partial charge is 0.481 e. The lowest BCUT2D eigenvalue weighted by atomic mass is 9.89. The van der Waals surface area contributed by atoms with E-state index in [9.17, 15) is 9.90 Å². The smallest absolute Gasteiger partial charge is 0.303 e. The Morgan fingerprint density at radius 3 is 2.58 bits per heavy atom. The number of rotatable bonds is 16. The molecule has 0 radical (unpaired) electrons. The lowest BCUT2D eigenvalue weighted by Gasteiger charge is -2.30. The number of ether oxygens (including phenoxy) is 4. The predicted octanol–water partition coefficient (Wildman–Crippen LogP) is 5.76. The minimum atomic E-state index is -0.764. The molecule has 0 spiro atoms. The molecule has 2 heterocycles. The van der Waals surface area contributed by atoms with Gasteiger partial charge in [-0.3, -0.25) is 4.79 Å². The Bertz CT molecular complexity index is 679. The number of carbonyl (C=O) groups is 1. The van der Waals surface area contributed by atoms with Gasteiger partial charge >= 0.3 is 5.97 Å². The van der Waals surface area contributed by atoms with Crippen LogP contribution >= 0.6 is 0 Å². The number of aliphatic hydroxyl groups excluding tert-OH is 1. The van der Waals surface area contributed by atoms with Gasteiger partial charge in [0.05, 0.1) is 25.4 Å². The van der Waals surface area contributed by atoms with E-state index in [-0.39, 0.29) is 30.7 Å². The summed E-state index contributed by atoms with van der Waals surface area (Å²) in [5, 5.41) is 19.8. The van der Waals surface area contributed by atoms with E-state index in [4.69, 9.17) is 24.1 Å². The van der Waals surface area contributed by atoms with Gasteiger partial charge in [-0.2, -0.15) is 0 Å². The number of aliphatic hydroxyl groups is 1. The van der Waals surface area contributed by atoms with Crippen LogP contribution in [-0.4, -0.2) is 60.3 Å². The molecule has 0 aromatic carbocycles. The van der Waals surface area contributed by atoms with Crippen LogP contribution < -0.4 is 0 Å². The van der Waals surface area contributed by atoms with Crippen LogP contribution in [0.15, 0.2) is 24.3 Å². The summed E-state index contributed by atoms with van der Waals surface area (Å²) in [4.78, 5) is 10.7. The average Bonchev–Trinajstić information content (AvgIpc) is 3.45. The zero-order valence-corrected chi connectivity index (χ0v) is 22.2. The van der Waals surface area contributed by atoms with Gasteiger partial charge in [0.2, 0.25) is 0 Å². The highest BCUT2D eigenvalue weighted by atomic mass is 16.7. The summed E-state index contributed by atoms with van der Waals surface area (Å²) in [6, 6.07) is 0. The highest BCUT2D eigenvalue weighted by molar-refractivity contribution is 5.66. The Balaban J connectivity index is 1.65. The molecule has 206 valence electrons. The second-order valence-corrected chi connectivity index (χ2v) is 10.5. The first-order valence-corrected chi connectivity index (χ1v) is 14.3. The molecule has 0 aromatic heterocycles. The second-order valence-electron chi connectivity index (χ2n) is 10.5. The second kappa shape index (κ2) is 15.9. The van der Waals surface area contributed by atoms with Crippen LogP contribution in [0.4, 0.5) is 0 Å². The molecule has 2 aliphatic heterocycles. The first kappa shape index (κ1) is 29.3. The van der Waals surface area contributed by atoms with Crippen LogP contribution in [0.1, 0.15) is 96.8 Å². The van der Waals surface area contributed by atoms with Gasteiger partial charge in [0.15, 0.2) is 12.1 Å². The highest BCUT2D eigenvalue weighted by Crippen LogP contribution is 2.40. The van der Waals surface area contributed by atoms with Crippen molar-refractivity contribution in [1.29, 1.82) is 0 Å². The standard InChI is InChI=1S/C29H48O7/c1-2-3-4-7-11-17-29(34-20-21-35-29)18-16-24-23(13-8-5-6-9-14-27(31)32)25(30)22-26(24)36-28-15-10-12-19-33-28/h5,8,16,18,23-26,28,30H,2-4,6-7,9-15,17,19-22H2,1H3,(H,31,32)/t23-,24-,25+,26-,28?/m1/s1. The Morgan fingerprint density at radius 2 is 1.86 bits per heavy atom. The van der Waals surface area contributed by atoms with E-state index in [0.29, 0.717) is 26.1 Å². The van der Waals surface area contributed by atoms with E-state index in [0.717, 1.165) is 51.6 Å². The van der Waals surface area contributed by atoms with Crippen LogP contribution in [0.3, 0.4) is 0 Å². The molecule has 5 atom stereocenters. The number of aliphatic carboxylic acids is 1. The number of hydrogen-bond acceptors (Lipinski definition) is 6. The lowest BCUT2D eigenvalue weighted by molar-refractivity contribution is -0.193. The fraction of sp³-hybridized carbons (Fsp3) is 0.828. The van der Waals surface area contributed by atoms with Crippen molar-refractivity contribution in [2.24, 2.45) is 11.8 Å². The molecule has 3 rings (SSSR count). The topological polar surface area (TPSA) is 94.5 Å². The van der Waals surface area contributed by atoms with Crippen LogP contribution in [0.5, 0.6) is 0 Å². The third-order valence-electron chi connectivity index (χ3n) is 7.67. The highest BCUT2D eigenvalue weighted by Gasteiger charge is 2.43. The van der Waals surface area contributed by atoms with E-state index in [1.54, 1.807) is 0 Å². The molecule has 0 amide bonds. The van der Waals surface area contributed by atoms with Gasteiger partial charge in [-0.1, -0.05) is 50.8 Å². The van der Waals surface area contributed by atoms with E-state index in [1.165, 1.54) is 25.7 Å². The zero-order chi connectivity index (χ0) is 25.6. The van der Waals surface area contributed by atoms with E-state index in [2.05, 4.69) is 25.2 Å². The maximum absolute atomic E-state index is 11.0. The zero-order valence-electron chi connectivity index (χ0n) is 22.2. The molecule has 3 aliphatic rings. The first-order chi connectivity index (χ1) is 17.5. The summed E-state index contributed by atoms with van der Waals surface area (Å²) in [7, 11) is 0. The van der Waals surface area contributed by atoms with E-state index in [1.807, 2.05) is 6.08 Å². The molecule has 1 saturated carbocycles. The predicted molar refractivity (Wildman–Crippen MR) is 138 cm³/mol. The quantitative estimate of drug-likeness (QED) is 0.202. The van der Waals surface area contributed by atoms with Crippen LogP contribution in [0.25, 0.3) is 0 Å². The van der Waals surface area contributed by atoms with Crippen molar-refractivity contribution in [3.63, 3.8) is 0 Å². The van der Waals surface area contributed by atoms with Crippen LogP contribution in [0.2, 0.25) is 0 Å². The number of carboxylic acid groups (broad SMARTS) is 1. The van der Waals surface area contributed by atoms with Gasteiger partial charge in [0.1, 0.15) is 0 Å². The Morgan fingerprint density at radius 1 is 1.06 bits per heavy atom. The minimum absolute atomic E-state index is 0.0218. The van der Waals surface area contributed by atoms with Crippen molar-refractivity contribution in [3.05, 3.63) is 24.3 Å². The fourth-order valence-electron chi connectivity index (χ4n) is 5.61. The summed E-state index contributed by atoms with van der Waals surface area (Å²) < 4.78 is 24.5. The average molecular weight is 509 g/mol. The summed E-state index contributed by atoms with van der Waals surface area (Å²) >= 11 is 0. The molecule has 0 aromatic rings. The number of unbranched alkanes of at least 4 members (excludes halogenated alkanes) is 5. The fourth-order valence-corrected chi connectivity index (χ4v) is 5.61. The molecule has 1 aliphatic carbocycles. The Labute approximate surface area is 217 Å². The number of carboxylic acids is 1. The minimum Gasteiger partial charge on any atom is -0.481 e. The van der Waals surface area contributed by atoms with Gasteiger partial charge in [-0.25, -0.2) is 0 Å². The van der Waals surface area contributed by atoms with Gasteiger partial charge in [0, 0.05) is 31.8 Å². The third-order valence-corrected chi connectivity index (χ3v) is 7.67. The third kappa shape index (κ3) is 9.56. The molecule has 7 nitrogen and oxygen atoms in total. The Hall–Kier alpha value is -1.25. The van der Waals surface area contributed by atoms with Crippen LogP contribution in [0, 0.1) is 11.8 Å². The van der Waals surface area contributed by atoms with Gasteiger partial charge in [-0.15, -0.1) is 0 Å². The van der Waals surface area contributed by atoms with Crippen molar-refractivity contribution in [1.82, 2.24) is 0 Å². The maximum atomic E-state index is 11.0. The SMILES string of the molecule is CCCCCCCC1(C=C[C@@H]2[C@@H](CC=CCCCC(=O)O)[C@@H](O)C[C@H]2OC2CCCCO2)OCCO1. The molecule has 2 N–H and O–H groups in total. The molecular formula is C29H48O7.